The number of hydrogen-bond donors (Lipinski definition) is 0. The van der Waals surface area contributed by atoms with Gasteiger partial charge >= 0.3 is 0 Å². The molecule has 0 fully saturated rings. The number of rotatable bonds is 1. The van der Waals surface area contributed by atoms with E-state index in [1.807, 2.05) is 0 Å². The number of hydrogen-bond acceptors (Lipinski definition) is 1. The maximum absolute atomic E-state index is 7.66. The van der Waals surface area contributed by atoms with Crippen LogP contribution in [-0.4, -0.2) is 4.95 Å². The highest BCUT2D eigenvalue weighted by Gasteiger charge is 1.81. The van der Waals surface area contributed by atoms with Crippen molar-refractivity contribution >= 4 is 15.9 Å². The van der Waals surface area contributed by atoms with E-state index < -0.39 is 0 Å². The van der Waals surface area contributed by atoms with E-state index in [-0.39, 0.29) is 4.95 Å². The van der Waals surface area contributed by atoms with E-state index in [1.54, 1.807) is 6.92 Å². The van der Waals surface area contributed by atoms with Crippen LogP contribution in [-0.2, 0) is 0 Å². The van der Waals surface area contributed by atoms with Crippen LogP contribution in [0.4, 0.5) is 0 Å². The summed E-state index contributed by atoms with van der Waals surface area (Å²) >= 11 is 3.01. The molecule has 34 valence electrons. The number of halogens is 1. The monoisotopic (exact) mass is 149 g/mol. The molecule has 3 nitrogen and oxygen atoms in total. The second kappa shape index (κ2) is 3.00. The predicted molar refractivity (Wildman–Crippen MR) is 27.5 cm³/mol. The van der Waals surface area contributed by atoms with E-state index in [0.717, 1.165) is 0 Å². The molecule has 6 heavy (non-hydrogen) atoms. The lowest BCUT2D eigenvalue weighted by Crippen LogP contribution is -1.73. The largest absolute Gasteiger partial charge is 0.0903 e. The first-order valence-electron chi connectivity index (χ1n) is 1.45. The lowest BCUT2D eigenvalue weighted by atomic mass is 10.8. The zero-order chi connectivity index (χ0) is 4.99. The lowest BCUT2D eigenvalue weighted by molar-refractivity contribution is 1.05. The van der Waals surface area contributed by atoms with Gasteiger partial charge in [-0.15, -0.1) is 0 Å². The summed E-state index contributed by atoms with van der Waals surface area (Å²) in [6, 6.07) is 0. The maximum Gasteiger partial charge on any atom is 0.0903 e. The average molecular weight is 150 g/mol. The highest BCUT2D eigenvalue weighted by Crippen LogP contribution is 1.96. The van der Waals surface area contributed by atoms with Crippen LogP contribution < -0.4 is 0 Å². The third-order valence-corrected chi connectivity index (χ3v) is 0.394. The first kappa shape index (κ1) is 5.79. The van der Waals surface area contributed by atoms with Gasteiger partial charge in [0.05, 0.1) is 4.95 Å². The normalized spacial score (nSPS) is 12.3. The summed E-state index contributed by atoms with van der Waals surface area (Å²) in [5.41, 5.74) is 7.66. The van der Waals surface area contributed by atoms with Gasteiger partial charge in [0.1, 0.15) is 0 Å². The van der Waals surface area contributed by atoms with Crippen LogP contribution in [0.15, 0.2) is 5.11 Å². The number of alkyl halides is 1. The summed E-state index contributed by atoms with van der Waals surface area (Å²) in [7, 11) is 0. The van der Waals surface area contributed by atoms with Gasteiger partial charge in [0.25, 0.3) is 0 Å². The van der Waals surface area contributed by atoms with Gasteiger partial charge in [-0.2, -0.15) is 0 Å². The van der Waals surface area contributed by atoms with Gasteiger partial charge in [-0.25, -0.2) is 0 Å². The Morgan fingerprint density at radius 1 is 2.00 bits per heavy atom. The van der Waals surface area contributed by atoms with Crippen molar-refractivity contribution in [1.29, 1.82) is 0 Å². The molecule has 1 atom stereocenters. The van der Waals surface area contributed by atoms with Gasteiger partial charge in [-0.3, -0.25) is 0 Å². The minimum absolute atomic E-state index is 0.0810. The summed E-state index contributed by atoms with van der Waals surface area (Å²) < 4.78 is 0. The molecular weight excluding hydrogens is 146 g/mol. The molecule has 0 aliphatic carbocycles. The highest BCUT2D eigenvalue weighted by atomic mass is 79.9. The van der Waals surface area contributed by atoms with E-state index in [1.165, 1.54) is 0 Å². The molecule has 0 aromatic rings. The van der Waals surface area contributed by atoms with E-state index in [2.05, 4.69) is 26.0 Å². The predicted octanol–water partition coefficient (Wildman–Crippen LogP) is 2.04. The average Bonchev–Trinajstić information content (AvgIpc) is 1.35. The van der Waals surface area contributed by atoms with Crippen LogP contribution in [0.1, 0.15) is 6.92 Å². The Morgan fingerprint density at radius 3 is 2.50 bits per heavy atom. The van der Waals surface area contributed by atoms with Crippen molar-refractivity contribution in [3.05, 3.63) is 10.4 Å². The molecular formula is C2H4BrN3. The van der Waals surface area contributed by atoms with Gasteiger partial charge in [0, 0.05) is 4.91 Å². The SMILES string of the molecule is C[C@@H](Br)N=[N+]=[N-]. The Morgan fingerprint density at radius 2 is 2.50 bits per heavy atom. The fourth-order valence-corrected chi connectivity index (χ4v) is 0.153. The van der Waals surface area contributed by atoms with Gasteiger partial charge in [0.15, 0.2) is 0 Å². The summed E-state index contributed by atoms with van der Waals surface area (Å²) in [5, 5.41) is 3.22. The Hall–Kier alpha value is -0.210. The molecule has 0 N–H and O–H groups in total. The molecule has 0 heterocycles. The van der Waals surface area contributed by atoms with Crippen molar-refractivity contribution in [3.8, 4) is 0 Å². The molecule has 0 aliphatic heterocycles. The fraction of sp³-hybridized carbons (Fsp3) is 1.00. The Labute approximate surface area is 44.1 Å². The fourth-order valence-electron chi connectivity index (χ4n) is 0.0712. The summed E-state index contributed by atoms with van der Waals surface area (Å²) in [6.45, 7) is 1.75. The van der Waals surface area contributed by atoms with Crippen LogP contribution in [0.25, 0.3) is 10.4 Å². The molecule has 0 unspecified atom stereocenters. The molecule has 0 saturated heterocycles. The molecule has 0 rings (SSSR count). The molecule has 0 spiro atoms. The summed E-state index contributed by atoms with van der Waals surface area (Å²) in [6.07, 6.45) is 0. The van der Waals surface area contributed by atoms with Crippen molar-refractivity contribution in [2.45, 2.75) is 11.9 Å². The minimum atomic E-state index is -0.0810. The standard InChI is InChI=1S/C2H4BrN3/c1-2(3)5-6-4/h2H,1H3/t2-/m0/s1. The van der Waals surface area contributed by atoms with Crippen molar-refractivity contribution < 1.29 is 0 Å². The van der Waals surface area contributed by atoms with E-state index in [4.69, 9.17) is 5.53 Å². The number of nitrogens with zero attached hydrogens (tertiary/aromatic N) is 3. The van der Waals surface area contributed by atoms with Gasteiger partial charge < -0.3 is 0 Å². The molecule has 0 amide bonds. The second-order valence-electron chi connectivity index (χ2n) is 0.779. The van der Waals surface area contributed by atoms with Crippen molar-refractivity contribution in [3.63, 3.8) is 0 Å². The van der Waals surface area contributed by atoms with E-state index >= 15 is 0 Å². The first-order valence-corrected chi connectivity index (χ1v) is 2.37. The Balaban J connectivity index is 3.29. The lowest BCUT2D eigenvalue weighted by Gasteiger charge is -1.79. The third-order valence-electron chi connectivity index (χ3n) is 0.211. The molecule has 0 aliphatic rings. The Kier molecular flexibility index (Phi) is 2.89. The van der Waals surface area contributed by atoms with Crippen LogP contribution >= 0.6 is 15.9 Å². The van der Waals surface area contributed by atoms with Crippen molar-refractivity contribution in [2.24, 2.45) is 5.11 Å². The van der Waals surface area contributed by atoms with E-state index in [0.29, 0.717) is 0 Å². The van der Waals surface area contributed by atoms with Crippen molar-refractivity contribution in [1.82, 2.24) is 0 Å². The molecule has 0 aromatic heterocycles. The quantitative estimate of drug-likeness (QED) is 0.180. The molecule has 0 saturated carbocycles. The zero-order valence-electron chi connectivity index (χ0n) is 3.30. The van der Waals surface area contributed by atoms with Crippen LogP contribution in [0.3, 0.4) is 0 Å². The molecule has 0 radical (unpaired) electrons. The smallest absolute Gasteiger partial charge is 0.0832 e. The van der Waals surface area contributed by atoms with Gasteiger partial charge in [-0.1, -0.05) is 21.0 Å². The number of azide groups is 1. The van der Waals surface area contributed by atoms with Gasteiger partial charge in [0.2, 0.25) is 0 Å². The van der Waals surface area contributed by atoms with Crippen LogP contribution in [0.5, 0.6) is 0 Å². The second-order valence-corrected chi connectivity index (χ2v) is 2.10. The van der Waals surface area contributed by atoms with Crippen LogP contribution in [0.2, 0.25) is 0 Å². The molecule has 0 bridgehead atoms. The molecule has 4 heteroatoms. The maximum atomic E-state index is 7.66. The Bertz CT molecular complexity index is 72.9. The summed E-state index contributed by atoms with van der Waals surface area (Å²) in [5.74, 6) is 0. The summed E-state index contributed by atoms with van der Waals surface area (Å²) in [4.78, 5) is 2.43. The zero-order valence-corrected chi connectivity index (χ0v) is 4.88. The topological polar surface area (TPSA) is 48.8 Å². The van der Waals surface area contributed by atoms with Crippen LogP contribution in [0, 0.1) is 0 Å². The van der Waals surface area contributed by atoms with Gasteiger partial charge in [-0.05, 0) is 12.5 Å². The third kappa shape index (κ3) is 3.79. The minimum Gasteiger partial charge on any atom is -0.0832 e. The van der Waals surface area contributed by atoms with E-state index in [9.17, 15) is 0 Å². The molecule has 0 aromatic carbocycles. The first-order chi connectivity index (χ1) is 2.77. The highest BCUT2D eigenvalue weighted by molar-refractivity contribution is 9.09. The van der Waals surface area contributed by atoms with Crippen molar-refractivity contribution in [2.75, 3.05) is 0 Å².